The van der Waals surface area contributed by atoms with Crippen LogP contribution >= 0.6 is 0 Å². The maximum absolute atomic E-state index is 12.8. The third kappa shape index (κ3) is 5.21. The molecule has 0 aliphatic carbocycles. The number of hydrogen-bond acceptors (Lipinski definition) is 7. The van der Waals surface area contributed by atoms with E-state index in [4.69, 9.17) is 9.72 Å². The highest BCUT2D eigenvalue weighted by Crippen LogP contribution is 2.25. The summed E-state index contributed by atoms with van der Waals surface area (Å²) < 4.78 is 5.61. The van der Waals surface area contributed by atoms with Crippen LogP contribution in [0, 0.1) is 6.92 Å². The van der Waals surface area contributed by atoms with Gasteiger partial charge in [-0.1, -0.05) is 12.1 Å². The highest BCUT2D eigenvalue weighted by molar-refractivity contribution is 5.91. The molecular weight excluding hydrogens is 406 g/mol. The number of para-hydroxylation sites is 2. The molecule has 2 fully saturated rings. The van der Waals surface area contributed by atoms with Crippen LogP contribution in [0.3, 0.4) is 0 Å². The normalized spacial score (nSPS) is 17.4. The fourth-order valence-electron chi connectivity index (χ4n) is 4.03. The van der Waals surface area contributed by atoms with Gasteiger partial charge in [0, 0.05) is 64.1 Å². The lowest BCUT2D eigenvalue weighted by atomic mass is 10.3. The number of anilines is 3. The number of nitrogens with zero attached hydrogens (tertiary/aromatic N) is 6. The van der Waals surface area contributed by atoms with Crippen LogP contribution in [0.25, 0.3) is 0 Å². The van der Waals surface area contributed by atoms with Crippen molar-refractivity contribution in [3.63, 3.8) is 0 Å². The van der Waals surface area contributed by atoms with Crippen molar-refractivity contribution >= 4 is 23.5 Å². The molecule has 32 heavy (non-hydrogen) atoms. The molecule has 0 spiro atoms. The van der Waals surface area contributed by atoms with Gasteiger partial charge in [-0.15, -0.1) is 0 Å². The Morgan fingerprint density at radius 3 is 2.41 bits per heavy atom. The molecule has 0 radical (unpaired) electrons. The summed E-state index contributed by atoms with van der Waals surface area (Å²) >= 11 is 0. The van der Waals surface area contributed by atoms with Crippen LogP contribution in [-0.4, -0.2) is 91.8 Å². The molecule has 3 heterocycles. The quantitative estimate of drug-likeness (QED) is 0.766. The van der Waals surface area contributed by atoms with Gasteiger partial charge < -0.3 is 29.7 Å². The fourth-order valence-corrected chi connectivity index (χ4v) is 4.03. The molecule has 1 aromatic carbocycles. The molecule has 2 saturated heterocycles. The summed E-state index contributed by atoms with van der Waals surface area (Å²) in [6.07, 6.45) is 0. The van der Waals surface area contributed by atoms with Gasteiger partial charge in [-0.2, -0.15) is 4.98 Å². The van der Waals surface area contributed by atoms with Gasteiger partial charge in [-0.25, -0.2) is 9.78 Å². The summed E-state index contributed by atoms with van der Waals surface area (Å²) in [5, 5.41) is 2.99. The smallest absolute Gasteiger partial charge is 0.322 e. The summed E-state index contributed by atoms with van der Waals surface area (Å²) in [6.45, 7) is 11.2. The number of rotatable bonds is 5. The second kappa shape index (κ2) is 10.0. The number of carbonyl (C=O) groups excluding carboxylic acids is 1. The monoisotopic (exact) mass is 439 g/mol. The van der Waals surface area contributed by atoms with E-state index in [0.29, 0.717) is 44.2 Å². The second-order valence-corrected chi connectivity index (χ2v) is 8.29. The summed E-state index contributed by atoms with van der Waals surface area (Å²) in [4.78, 5) is 31.0. The molecule has 1 N–H and O–H groups in total. The van der Waals surface area contributed by atoms with Gasteiger partial charge in [0.15, 0.2) is 0 Å². The standard InChI is InChI=1S/C23H33N7O2/c1-4-32-20-8-6-5-7-19(20)25-23(31)30-15-13-29(14-16-30)22-24-18(2)17-21(26-22)28-11-9-27(3)10-12-28/h5-8,17H,4,9-16H2,1-3H3,(H,25,31). The van der Waals surface area contributed by atoms with Crippen molar-refractivity contribution in [2.24, 2.45) is 0 Å². The van der Waals surface area contributed by atoms with Gasteiger partial charge in [-0.05, 0) is 33.0 Å². The molecule has 0 bridgehead atoms. The first kappa shape index (κ1) is 22.1. The predicted molar refractivity (Wildman–Crippen MR) is 127 cm³/mol. The van der Waals surface area contributed by atoms with Gasteiger partial charge in [0.2, 0.25) is 5.95 Å². The van der Waals surface area contributed by atoms with E-state index in [-0.39, 0.29) is 6.03 Å². The maximum Gasteiger partial charge on any atom is 0.322 e. The summed E-state index contributed by atoms with van der Waals surface area (Å²) in [6, 6.07) is 9.47. The number of piperazine rings is 2. The Labute approximate surface area is 190 Å². The van der Waals surface area contributed by atoms with E-state index in [1.54, 1.807) is 0 Å². The molecule has 0 atom stereocenters. The Morgan fingerprint density at radius 2 is 1.69 bits per heavy atom. The number of nitrogens with one attached hydrogen (secondary N) is 1. The lowest BCUT2D eigenvalue weighted by molar-refractivity contribution is 0.207. The van der Waals surface area contributed by atoms with Crippen molar-refractivity contribution in [1.82, 2.24) is 19.8 Å². The number of likely N-dealkylation sites (N-methyl/N-ethyl adjacent to an activating group) is 1. The Balaban J connectivity index is 1.37. The lowest BCUT2D eigenvalue weighted by Gasteiger charge is -2.36. The molecule has 2 aromatic rings. The molecule has 4 rings (SSSR count). The molecule has 2 amide bonds. The van der Waals surface area contributed by atoms with Gasteiger partial charge >= 0.3 is 6.03 Å². The zero-order valence-corrected chi connectivity index (χ0v) is 19.3. The zero-order chi connectivity index (χ0) is 22.5. The highest BCUT2D eigenvalue weighted by atomic mass is 16.5. The Bertz CT molecular complexity index is 922. The summed E-state index contributed by atoms with van der Waals surface area (Å²) in [7, 11) is 2.15. The Kier molecular flexibility index (Phi) is 6.94. The third-order valence-electron chi connectivity index (χ3n) is 5.93. The van der Waals surface area contributed by atoms with E-state index in [0.717, 1.165) is 43.6 Å². The van der Waals surface area contributed by atoms with E-state index in [1.807, 2.05) is 43.0 Å². The first-order valence-electron chi connectivity index (χ1n) is 11.4. The third-order valence-corrected chi connectivity index (χ3v) is 5.93. The average molecular weight is 440 g/mol. The predicted octanol–water partition coefficient (Wildman–Crippen LogP) is 2.29. The molecule has 2 aliphatic rings. The number of ether oxygens (including phenoxy) is 1. The molecular formula is C23H33N7O2. The molecule has 1 aromatic heterocycles. The van der Waals surface area contributed by atoms with E-state index >= 15 is 0 Å². The second-order valence-electron chi connectivity index (χ2n) is 8.29. The van der Waals surface area contributed by atoms with E-state index in [9.17, 15) is 4.79 Å². The Morgan fingerprint density at radius 1 is 1.00 bits per heavy atom. The number of aryl methyl sites for hydroxylation is 1. The zero-order valence-electron chi connectivity index (χ0n) is 19.3. The van der Waals surface area contributed by atoms with Crippen LogP contribution in [0.1, 0.15) is 12.6 Å². The van der Waals surface area contributed by atoms with Crippen molar-refractivity contribution in [3.8, 4) is 5.75 Å². The Hall–Kier alpha value is -3.07. The summed E-state index contributed by atoms with van der Waals surface area (Å²) in [5.74, 6) is 2.43. The van der Waals surface area contributed by atoms with Crippen molar-refractivity contribution in [3.05, 3.63) is 36.0 Å². The molecule has 9 nitrogen and oxygen atoms in total. The first-order chi connectivity index (χ1) is 15.5. The lowest BCUT2D eigenvalue weighted by Crippen LogP contribution is -2.50. The van der Waals surface area contributed by atoms with Crippen molar-refractivity contribution in [1.29, 1.82) is 0 Å². The minimum Gasteiger partial charge on any atom is -0.492 e. The van der Waals surface area contributed by atoms with Crippen LogP contribution in [0.5, 0.6) is 5.75 Å². The largest absolute Gasteiger partial charge is 0.492 e. The summed E-state index contributed by atoms with van der Waals surface area (Å²) in [5.41, 5.74) is 1.66. The van der Waals surface area contributed by atoms with E-state index < -0.39 is 0 Å². The van der Waals surface area contributed by atoms with Crippen LogP contribution in [0.15, 0.2) is 30.3 Å². The van der Waals surface area contributed by atoms with Crippen molar-refractivity contribution < 1.29 is 9.53 Å². The van der Waals surface area contributed by atoms with Gasteiger partial charge in [-0.3, -0.25) is 0 Å². The van der Waals surface area contributed by atoms with Crippen LogP contribution in [-0.2, 0) is 0 Å². The van der Waals surface area contributed by atoms with Gasteiger partial charge in [0.1, 0.15) is 11.6 Å². The highest BCUT2D eigenvalue weighted by Gasteiger charge is 2.25. The molecule has 0 unspecified atom stereocenters. The molecule has 0 saturated carbocycles. The average Bonchev–Trinajstić information content (AvgIpc) is 2.80. The van der Waals surface area contributed by atoms with E-state index in [1.165, 1.54) is 0 Å². The minimum absolute atomic E-state index is 0.111. The number of aromatic nitrogens is 2. The SMILES string of the molecule is CCOc1ccccc1NC(=O)N1CCN(c2nc(C)cc(N3CCN(C)CC3)n2)CC1. The maximum atomic E-state index is 12.8. The van der Waals surface area contributed by atoms with Gasteiger partial charge in [0.05, 0.1) is 12.3 Å². The number of urea groups is 1. The van der Waals surface area contributed by atoms with Crippen molar-refractivity contribution in [2.45, 2.75) is 13.8 Å². The molecule has 172 valence electrons. The van der Waals surface area contributed by atoms with Crippen LogP contribution < -0.4 is 19.9 Å². The van der Waals surface area contributed by atoms with Gasteiger partial charge in [0.25, 0.3) is 0 Å². The van der Waals surface area contributed by atoms with Crippen molar-refractivity contribution in [2.75, 3.05) is 81.1 Å². The topological polar surface area (TPSA) is 77.1 Å². The number of carbonyl (C=O) groups is 1. The first-order valence-corrected chi connectivity index (χ1v) is 11.4. The van der Waals surface area contributed by atoms with E-state index in [2.05, 4.69) is 38.1 Å². The van der Waals surface area contributed by atoms with Crippen LogP contribution in [0.2, 0.25) is 0 Å². The number of hydrogen-bond donors (Lipinski definition) is 1. The number of amides is 2. The minimum atomic E-state index is -0.111. The fraction of sp³-hybridized carbons (Fsp3) is 0.522. The molecule has 2 aliphatic heterocycles. The molecule has 9 heteroatoms. The number of benzene rings is 1. The van der Waals surface area contributed by atoms with Crippen LogP contribution in [0.4, 0.5) is 22.2 Å².